The number of oxazole rings is 1. The number of nitrogens with one attached hydrogen (secondary N) is 2. The smallest absolute Gasteiger partial charge is 0.226 e. The molecule has 3 heterocycles. The Balaban J connectivity index is 0.00000256. The molecule has 2 N–H and O–H groups in total. The molecule has 0 saturated heterocycles. The van der Waals surface area contributed by atoms with Crippen molar-refractivity contribution < 1.29 is 4.42 Å². The molecule has 0 fully saturated rings. The molecule has 0 atom stereocenters. The maximum absolute atomic E-state index is 5.60. The summed E-state index contributed by atoms with van der Waals surface area (Å²) >= 11 is 0. The monoisotopic (exact) mass is 516 g/mol. The van der Waals surface area contributed by atoms with Gasteiger partial charge in [-0.3, -0.25) is 4.99 Å². The first kappa shape index (κ1) is 21.8. The summed E-state index contributed by atoms with van der Waals surface area (Å²) < 4.78 is 7.63. The van der Waals surface area contributed by atoms with Crippen LogP contribution in [0.3, 0.4) is 0 Å². The van der Waals surface area contributed by atoms with E-state index >= 15 is 0 Å². The Bertz CT molecular complexity index is 1080. The van der Waals surface area contributed by atoms with Crippen molar-refractivity contribution in [3.63, 3.8) is 0 Å². The molecule has 0 aliphatic rings. The van der Waals surface area contributed by atoms with Crippen molar-refractivity contribution in [2.75, 3.05) is 13.6 Å². The Labute approximate surface area is 192 Å². The number of nitrogens with zero attached hydrogens (tertiary/aromatic N) is 4. The molecule has 0 amide bonds. The summed E-state index contributed by atoms with van der Waals surface area (Å²) in [5.41, 5.74) is 5.00. The van der Waals surface area contributed by atoms with Crippen molar-refractivity contribution in [1.29, 1.82) is 0 Å². The summed E-state index contributed by atoms with van der Waals surface area (Å²) in [5, 5.41) is 6.57. The van der Waals surface area contributed by atoms with Gasteiger partial charge < -0.3 is 19.5 Å². The van der Waals surface area contributed by atoms with E-state index in [4.69, 9.17) is 4.42 Å². The molecular weight excluding hydrogens is 491 g/mol. The maximum Gasteiger partial charge on any atom is 0.226 e. The average molecular weight is 516 g/mol. The minimum absolute atomic E-state index is 0. The van der Waals surface area contributed by atoms with Crippen LogP contribution in [0, 0.1) is 6.92 Å². The van der Waals surface area contributed by atoms with Crippen LogP contribution in [0.2, 0.25) is 0 Å². The van der Waals surface area contributed by atoms with Crippen LogP contribution in [-0.2, 0) is 13.0 Å². The van der Waals surface area contributed by atoms with Crippen molar-refractivity contribution in [3.8, 4) is 11.5 Å². The normalized spacial score (nSPS) is 11.3. The number of aromatic nitrogens is 3. The van der Waals surface area contributed by atoms with Gasteiger partial charge in [0.1, 0.15) is 11.9 Å². The van der Waals surface area contributed by atoms with Gasteiger partial charge >= 0.3 is 0 Å². The van der Waals surface area contributed by atoms with E-state index in [0.717, 1.165) is 35.6 Å². The highest BCUT2D eigenvalue weighted by Gasteiger charge is 2.08. The minimum Gasteiger partial charge on any atom is -0.444 e. The van der Waals surface area contributed by atoms with Crippen LogP contribution in [-0.4, -0.2) is 33.9 Å². The summed E-state index contributed by atoms with van der Waals surface area (Å²) in [4.78, 5) is 13.4. The van der Waals surface area contributed by atoms with E-state index in [0.29, 0.717) is 18.4 Å². The Hall–Kier alpha value is -2.88. The number of aliphatic imine (C=N–C) groups is 1. The van der Waals surface area contributed by atoms with E-state index < -0.39 is 0 Å². The van der Waals surface area contributed by atoms with Crippen LogP contribution in [0.25, 0.3) is 17.1 Å². The third kappa shape index (κ3) is 5.38. The number of imidazole rings is 1. The highest BCUT2D eigenvalue weighted by Crippen LogP contribution is 2.18. The predicted octanol–water partition coefficient (Wildman–Crippen LogP) is 3.82. The molecule has 4 aromatic rings. The van der Waals surface area contributed by atoms with E-state index in [9.17, 15) is 0 Å². The second kappa shape index (κ2) is 10.2. The van der Waals surface area contributed by atoms with Gasteiger partial charge in [-0.1, -0.05) is 23.8 Å². The van der Waals surface area contributed by atoms with E-state index in [1.807, 2.05) is 53.1 Å². The van der Waals surface area contributed by atoms with E-state index in [2.05, 4.69) is 38.7 Å². The predicted molar refractivity (Wildman–Crippen MR) is 129 cm³/mol. The quantitative estimate of drug-likeness (QED) is 0.232. The fourth-order valence-electron chi connectivity index (χ4n) is 3.03. The molecule has 0 radical (unpaired) electrons. The molecule has 0 bridgehead atoms. The molecule has 0 aliphatic carbocycles. The molecule has 0 aliphatic heterocycles. The molecule has 7 nitrogen and oxygen atoms in total. The van der Waals surface area contributed by atoms with Gasteiger partial charge in [-0.25, -0.2) is 9.97 Å². The Kier molecular flexibility index (Phi) is 7.45. The third-order valence-electron chi connectivity index (χ3n) is 4.60. The number of fused-ring (bicyclic) bond motifs is 1. The van der Waals surface area contributed by atoms with Crippen molar-refractivity contribution in [2.24, 2.45) is 4.99 Å². The van der Waals surface area contributed by atoms with Gasteiger partial charge in [0.05, 0.1) is 17.9 Å². The topological polar surface area (TPSA) is 79.8 Å². The first-order valence-electron chi connectivity index (χ1n) is 9.60. The molecule has 0 spiro atoms. The number of pyridine rings is 1. The Morgan fingerprint density at radius 2 is 1.90 bits per heavy atom. The zero-order valence-corrected chi connectivity index (χ0v) is 19.3. The van der Waals surface area contributed by atoms with Gasteiger partial charge in [0, 0.05) is 38.0 Å². The van der Waals surface area contributed by atoms with Crippen LogP contribution >= 0.6 is 24.0 Å². The zero-order chi connectivity index (χ0) is 20.1. The first-order chi connectivity index (χ1) is 14.2. The van der Waals surface area contributed by atoms with E-state index in [1.165, 1.54) is 5.56 Å². The van der Waals surface area contributed by atoms with Crippen LogP contribution in [0.5, 0.6) is 0 Å². The van der Waals surface area contributed by atoms with E-state index in [-0.39, 0.29) is 24.0 Å². The summed E-state index contributed by atoms with van der Waals surface area (Å²) in [6.07, 6.45) is 6.54. The first-order valence-corrected chi connectivity index (χ1v) is 9.60. The molecule has 0 unspecified atom stereocenters. The fourth-order valence-corrected chi connectivity index (χ4v) is 3.03. The van der Waals surface area contributed by atoms with Crippen molar-refractivity contribution in [1.82, 2.24) is 25.0 Å². The molecule has 4 rings (SSSR count). The number of benzene rings is 1. The number of aryl methyl sites for hydroxylation is 1. The molecule has 30 heavy (non-hydrogen) atoms. The van der Waals surface area contributed by atoms with Gasteiger partial charge in [0.25, 0.3) is 0 Å². The van der Waals surface area contributed by atoms with Gasteiger partial charge in [0.15, 0.2) is 5.96 Å². The number of hydrogen-bond donors (Lipinski definition) is 2. The largest absolute Gasteiger partial charge is 0.444 e. The van der Waals surface area contributed by atoms with Crippen molar-refractivity contribution >= 4 is 35.6 Å². The third-order valence-corrected chi connectivity index (χ3v) is 4.60. The van der Waals surface area contributed by atoms with Crippen molar-refractivity contribution in [3.05, 3.63) is 78.1 Å². The van der Waals surface area contributed by atoms with Crippen LogP contribution in [0.1, 0.15) is 17.0 Å². The lowest BCUT2D eigenvalue weighted by Gasteiger charge is -2.09. The molecule has 3 aromatic heterocycles. The molecule has 0 saturated carbocycles. The molecular formula is C22H25IN6O. The summed E-state index contributed by atoms with van der Waals surface area (Å²) in [6.45, 7) is 3.32. The molecule has 1 aromatic carbocycles. The van der Waals surface area contributed by atoms with Crippen LogP contribution < -0.4 is 10.6 Å². The van der Waals surface area contributed by atoms with Crippen LogP contribution in [0.4, 0.5) is 0 Å². The van der Waals surface area contributed by atoms with Gasteiger partial charge in [-0.15, -0.1) is 24.0 Å². The zero-order valence-electron chi connectivity index (χ0n) is 17.0. The lowest BCUT2D eigenvalue weighted by molar-refractivity contribution is 0.572. The summed E-state index contributed by atoms with van der Waals surface area (Å²) in [7, 11) is 1.75. The Morgan fingerprint density at radius 1 is 1.07 bits per heavy atom. The highest BCUT2D eigenvalue weighted by molar-refractivity contribution is 14.0. The van der Waals surface area contributed by atoms with E-state index in [1.54, 1.807) is 13.3 Å². The molecule has 8 heteroatoms. The van der Waals surface area contributed by atoms with Crippen LogP contribution in [0.15, 0.2) is 70.5 Å². The number of guanidine groups is 1. The SMILES string of the molecule is CN=C(NCCc1cn2ccccc2n1)NCc1coc(-c2ccc(C)cc2)n1.I. The average Bonchev–Trinajstić information content (AvgIpc) is 3.37. The Morgan fingerprint density at radius 3 is 2.67 bits per heavy atom. The maximum atomic E-state index is 5.60. The number of hydrogen-bond acceptors (Lipinski definition) is 4. The fraction of sp³-hybridized carbons (Fsp3) is 0.227. The number of rotatable bonds is 6. The van der Waals surface area contributed by atoms with Gasteiger partial charge in [0.2, 0.25) is 5.89 Å². The lowest BCUT2D eigenvalue weighted by atomic mass is 10.1. The second-order valence-electron chi connectivity index (χ2n) is 6.81. The molecule has 156 valence electrons. The summed E-state index contributed by atoms with van der Waals surface area (Å²) in [6, 6.07) is 14.1. The second-order valence-corrected chi connectivity index (χ2v) is 6.81. The number of halogens is 1. The standard InChI is InChI=1S/C22H24N6O.HI/c1-16-6-8-17(9-7-16)21-27-19(15-29-21)13-25-22(23-2)24-11-10-18-14-28-12-4-3-5-20(28)26-18;/h3-9,12,14-15H,10-11,13H2,1-2H3,(H2,23,24,25);1H. The highest BCUT2D eigenvalue weighted by atomic mass is 127. The van der Waals surface area contributed by atoms with Crippen molar-refractivity contribution in [2.45, 2.75) is 19.9 Å². The van der Waals surface area contributed by atoms with Gasteiger partial charge in [-0.05, 0) is 31.2 Å². The lowest BCUT2D eigenvalue weighted by Crippen LogP contribution is -2.37. The van der Waals surface area contributed by atoms with Gasteiger partial charge in [-0.2, -0.15) is 0 Å². The summed E-state index contributed by atoms with van der Waals surface area (Å²) in [5.74, 6) is 1.34. The minimum atomic E-state index is 0.